The van der Waals surface area contributed by atoms with Crippen LogP contribution in [-0.4, -0.2) is 65.7 Å². The highest BCUT2D eigenvalue weighted by atomic mass is 19.1. The van der Waals surface area contributed by atoms with Crippen LogP contribution in [0.1, 0.15) is 0 Å². The van der Waals surface area contributed by atoms with Gasteiger partial charge in [0, 0.05) is 30.9 Å². The molecule has 3 N–H and O–H groups in total. The lowest BCUT2D eigenvalue weighted by Gasteiger charge is -2.28. The predicted octanol–water partition coefficient (Wildman–Crippen LogP) is 1.95. The zero-order valence-electron chi connectivity index (χ0n) is 15.1. The number of rotatable bonds is 5. The molecular weight excluding hydrogens is 365 g/mol. The Morgan fingerprint density at radius 3 is 2.75 bits per heavy atom. The molecule has 1 aliphatic rings. The summed E-state index contributed by atoms with van der Waals surface area (Å²) in [5, 5.41) is 12.9. The topological polar surface area (TPSA) is 108 Å². The zero-order chi connectivity index (χ0) is 19.3. The highest BCUT2D eigenvalue weighted by Crippen LogP contribution is 2.27. The number of hydrogen-bond donors (Lipinski definition) is 3. The van der Waals surface area contributed by atoms with E-state index in [4.69, 9.17) is 9.72 Å². The maximum atomic E-state index is 12.1. The number of H-pyrrole nitrogens is 1. The molecule has 1 saturated heterocycles. The van der Waals surface area contributed by atoms with Gasteiger partial charge in [-0.25, -0.2) is 19.2 Å². The van der Waals surface area contributed by atoms with Gasteiger partial charge < -0.3 is 20.3 Å². The molecule has 1 aliphatic heterocycles. The molecule has 0 spiro atoms. The fourth-order valence-corrected chi connectivity index (χ4v) is 3.00. The number of carbonyl (C=O) groups is 1. The lowest BCUT2D eigenvalue weighted by atomic mass is 10.2. The molecule has 0 aliphatic carbocycles. The molecule has 0 saturated carbocycles. The van der Waals surface area contributed by atoms with E-state index < -0.39 is 12.7 Å². The number of aromatic nitrogens is 4. The third-order valence-electron chi connectivity index (χ3n) is 4.38. The van der Waals surface area contributed by atoms with Crippen molar-refractivity contribution in [3.8, 4) is 11.4 Å². The van der Waals surface area contributed by atoms with Crippen LogP contribution in [0.2, 0.25) is 0 Å². The molecule has 0 bridgehead atoms. The molecule has 28 heavy (non-hydrogen) atoms. The summed E-state index contributed by atoms with van der Waals surface area (Å²) in [7, 11) is 0. The van der Waals surface area contributed by atoms with Gasteiger partial charge in [0.05, 0.1) is 24.8 Å². The number of hydrogen-bond acceptors (Lipinski definition) is 6. The quantitative estimate of drug-likeness (QED) is 0.620. The lowest BCUT2D eigenvalue weighted by molar-refractivity contribution is 0.122. The molecule has 0 unspecified atom stereocenters. The molecule has 3 aromatic rings. The van der Waals surface area contributed by atoms with Crippen LogP contribution in [0.3, 0.4) is 0 Å². The van der Waals surface area contributed by atoms with Gasteiger partial charge in [-0.2, -0.15) is 5.10 Å². The van der Waals surface area contributed by atoms with Crippen molar-refractivity contribution >= 4 is 28.6 Å². The van der Waals surface area contributed by atoms with Crippen molar-refractivity contribution in [2.24, 2.45) is 0 Å². The van der Waals surface area contributed by atoms with E-state index in [1.165, 1.54) is 0 Å². The first kappa shape index (κ1) is 18.1. The number of benzene rings is 1. The number of urea groups is 1. The van der Waals surface area contributed by atoms with Gasteiger partial charge in [-0.05, 0) is 24.3 Å². The van der Waals surface area contributed by atoms with E-state index in [1.807, 2.05) is 12.1 Å². The number of fused-ring (bicyclic) bond motifs is 1. The molecule has 0 atom stereocenters. The number of nitrogens with one attached hydrogen (secondary N) is 3. The molecule has 3 heterocycles. The number of aromatic amines is 1. The second kappa shape index (κ2) is 8.17. The van der Waals surface area contributed by atoms with E-state index >= 15 is 0 Å². The van der Waals surface area contributed by atoms with Crippen molar-refractivity contribution in [1.82, 2.24) is 25.5 Å². The molecular formula is C18H20FN7O2. The Balaban J connectivity index is 1.59. The standard InChI is InChI=1S/C18H20FN7O2/c19-5-6-20-18(27)22-13-3-1-12(2-4-13)15-23-16-14(11-21-25-16)17(24-15)26-7-9-28-10-8-26/h1-4,11H,5-10H2,(H2,20,22,27)(H,21,23,24,25). The van der Waals surface area contributed by atoms with Crippen LogP contribution >= 0.6 is 0 Å². The fourth-order valence-electron chi connectivity index (χ4n) is 3.00. The monoisotopic (exact) mass is 385 g/mol. The number of alkyl halides is 1. The summed E-state index contributed by atoms with van der Waals surface area (Å²) in [6, 6.07) is 6.70. The van der Waals surface area contributed by atoms with Gasteiger partial charge in [0.1, 0.15) is 12.5 Å². The van der Waals surface area contributed by atoms with Crippen LogP contribution in [-0.2, 0) is 4.74 Å². The number of ether oxygens (including phenoxy) is 1. The van der Waals surface area contributed by atoms with E-state index in [9.17, 15) is 9.18 Å². The largest absolute Gasteiger partial charge is 0.378 e. The van der Waals surface area contributed by atoms with Crippen molar-refractivity contribution < 1.29 is 13.9 Å². The number of morpholine rings is 1. The van der Waals surface area contributed by atoms with Crippen molar-refractivity contribution in [1.29, 1.82) is 0 Å². The van der Waals surface area contributed by atoms with Gasteiger partial charge in [-0.3, -0.25) is 5.10 Å². The minimum atomic E-state index is -0.606. The van der Waals surface area contributed by atoms with Crippen LogP contribution in [0.25, 0.3) is 22.4 Å². The summed E-state index contributed by atoms with van der Waals surface area (Å²) in [6.45, 7) is 2.20. The Bertz CT molecular complexity index is 954. The van der Waals surface area contributed by atoms with E-state index in [2.05, 4.69) is 30.7 Å². The molecule has 0 radical (unpaired) electrons. The zero-order valence-corrected chi connectivity index (χ0v) is 15.1. The van der Waals surface area contributed by atoms with Crippen molar-refractivity contribution in [3.63, 3.8) is 0 Å². The molecule has 1 fully saturated rings. The molecule has 4 rings (SSSR count). The van der Waals surface area contributed by atoms with Crippen LogP contribution in [0.15, 0.2) is 30.5 Å². The normalized spacial score (nSPS) is 14.2. The Labute approximate surface area is 160 Å². The Morgan fingerprint density at radius 2 is 2.00 bits per heavy atom. The summed E-state index contributed by atoms with van der Waals surface area (Å²) >= 11 is 0. The predicted molar refractivity (Wildman–Crippen MR) is 103 cm³/mol. The van der Waals surface area contributed by atoms with E-state index in [-0.39, 0.29) is 6.54 Å². The summed E-state index contributed by atoms with van der Waals surface area (Å²) in [6.07, 6.45) is 1.73. The van der Waals surface area contributed by atoms with Gasteiger partial charge in [-0.15, -0.1) is 0 Å². The van der Waals surface area contributed by atoms with Gasteiger partial charge in [0.2, 0.25) is 0 Å². The minimum Gasteiger partial charge on any atom is -0.378 e. The summed E-state index contributed by atoms with van der Waals surface area (Å²) in [5.41, 5.74) is 2.07. The van der Waals surface area contributed by atoms with E-state index in [1.54, 1.807) is 18.3 Å². The maximum absolute atomic E-state index is 12.1. The van der Waals surface area contributed by atoms with Crippen LogP contribution in [0, 0.1) is 0 Å². The third kappa shape index (κ3) is 3.86. The second-order valence-electron chi connectivity index (χ2n) is 6.25. The summed E-state index contributed by atoms with van der Waals surface area (Å²) < 4.78 is 17.5. The van der Waals surface area contributed by atoms with Crippen LogP contribution in [0.5, 0.6) is 0 Å². The Kier molecular flexibility index (Phi) is 5.29. The van der Waals surface area contributed by atoms with E-state index in [0.717, 1.165) is 29.9 Å². The first-order valence-corrected chi connectivity index (χ1v) is 8.99. The number of nitrogens with zero attached hydrogens (tertiary/aromatic N) is 4. The van der Waals surface area contributed by atoms with Crippen LogP contribution < -0.4 is 15.5 Å². The number of carbonyl (C=O) groups excluding carboxylic acids is 1. The second-order valence-corrected chi connectivity index (χ2v) is 6.25. The number of amides is 2. The smallest absolute Gasteiger partial charge is 0.319 e. The average molecular weight is 385 g/mol. The highest BCUT2D eigenvalue weighted by Gasteiger charge is 2.19. The average Bonchev–Trinajstić information content (AvgIpc) is 3.21. The van der Waals surface area contributed by atoms with Gasteiger partial charge >= 0.3 is 6.03 Å². The maximum Gasteiger partial charge on any atom is 0.319 e. The molecule has 146 valence electrons. The lowest BCUT2D eigenvalue weighted by Crippen LogP contribution is -2.37. The van der Waals surface area contributed by atoms with Crippen molar-refractivity contribution in [2.75, 3.05) is 49.7 Å². The van der Waals surface area contributed by atoms with E-state index in [0.29, 0.717) is 30.4 Å². The van der Waals surface area contributed by atoms with Crippen molar-refractivity contribution in [2.45, 2.75) is 0 Å². The minimum absolute atomic E-state index is 0.0216. The molecule has 1 aromatic carbocycles. The third-order valence-corrected chi connectivity index (χ3v) is 4.38. The first-order chi connectivity index (χ1) is 13.7. The summed E-state index contributed by atoms with van der Waals surface area (Å²) in [5.74, 6) is 1.39. The van der Waals surface area contributed by atoms with Gasteiger partial charge in [0.15, 0.2) is 11.5 Å². The van der Waals surface area contributed by atoms with Gasteiger partial charge in [0.25, 0.3) is 0 Å². The molecule has 2 amide bonds. The molecule has 9 nitrogen and oxygen atoms in total. The number of anilines is 2. The Hall–Kier alpha value is -3.27. The SMILES string of the molecule is O=C(NCCF)Nc1ccc(-c2nc(N3CCOCC3)c3cn[nH]c3n2)cc1. The molecule has 2 aromatic heterocycles. The van der Waals surface area contributed by atoms with Crippen LogP contribution in [0.4, 0.5) is 20.7 Å². The summed E-state index contributed by atoms with van der Waals surface area (Å²) in [4.78, 5) is 23.1. The fraction of sp³-hybridized carbons (Fsp3) is 0.333. The molecule has 10 heteroatoms. The first-order valence-electron chi connectivity index (χ1n) is 8.99. The van der Waals surface area contributed by atoms with Gasteiger partial charge in [-0.1, -0.05) is 0 Å². The Morgan fingerprint density at radius 1 is 1.21 bits per heavy atom. The van der Waals surface area contributed by atoms with Crippen molar-refractivity contribution in [3.05, 3.63) is 30.5 Å². The number of halogens is 1. The highest BCUT2D eigenvalue weighted by molar-refractivity contribution is 5.90.